The van der Waals surface area contributed by atoms with Crippen LogP contribution in [0.25, 0.3) is 11.1 Å². The number of isothiocyanates is 1. The second-order valence-electron chi connectivity index (χ2n) is 5.95. The van der Waals surface area contributed by atoms with Crippen LogP contribution in [-0.2, 0) is 0 Å². The molecular formula is C24H13F2NS. The molecule has 4 heteroatoms. The average Bonchev–Trinajstić information content (AvgIpc) is 2.69. The number of benzene rings is 3. The summed E-state index contributed by atoms with van der Waals surface area (Å²) in [6, 6.07) is 20.4. The zero-order chi connectivity index (χ0) is 19.9. The molecule has 0 aliphatic heterocycles. The lowest BCUT2D eigenvalue weighted by molar-refractivity contribution is 0.577. The topological polar surface area (TPSA) is 12.4 Å². The Morgan fingerprint density at radius 2 is 1.29 bits per heavy atom. The molecule has 3 aromatic rings. The van der Waals surface area contributed by atoms with E-state index in [4.69, 9.17) is 0 Å². The van der Waals surface area contributed by atoms with Crippen molar-refractivity contribution >= 4 is 17.4 Å². The van der Waals surface area contributed by atoms with E-state index in [-0.39, 0.29) is 11.1 Å². The Bertz CT molecular complexity index is 1160. The van der Waals surface area contributed by atoms with Gasteiger partial charge in [0.25, 0.3) is 0 Å². The maximum atomic E-state index is 14.0. The third-order valence-electron chi connectivity index (χ3n) is 3.95. The molecule has 134 valence electrons. The maximum Gasteiger partial charge on any atom is 0.143 e. The lowest BCUT2D eigenvalue weighted by atomic mass is 10.0. The van der Waals surface area contributed by atoms with Gasteiger partial charge in [0.15, 0.2) is 0 Å². The molecule has 0 heterocycles. The van der Waals surface area contributed by atoms with E-state index in [1.54, 1.807) is 0 Å². The van der Waals surface area contributed by atoms with Crippen LogP contribution in [0.4, 0.5) is 8.78 Å². The molecule has 0 aromatic heterocycles. The number of rotatable bonds is 1. The molecule has 0 spiro atoms. The number of aryl methyl sites for hydroxylation is 1. The monoisotopic (exact) mass is 385 g/mol. The minimum Gasteiger partial charge on any atom is -0.205 e. The van der Waals surface area contributed by atoms with E-state index < -0.39 is 11.6 Å². The molecule has 0 saturated heterocycles. The lowest BCUT2D eigenvalue weighted by Crippen LogP contribution is -1.92. The molecule has 0 saturated carbocycles. The quantitative estimate of drug-likeness (QED) is 0.295. The van der Waals surface area contributed by atoms with E-state index in [9.17, 15) is 8.78 Å². The summed E-state index contributed by atoms with van der Waals surface area (Å²) in [7, 11) is 0. The average molecular weight is 385 g/mol. The predicted octanol–water partition coefficient (Wildman–Crippen LogP) is 5.75. The van der Waals surface area contributed by atoms with Crippen LogP contribution >= 0.6 is 12.2 Å². The normalized spacial score (nSPS) is 9.39. The Morgan fingerprint density at radius 1 is 0.750 bits per heavy atom. The van der Waals surface area contributed by atoms with Crippen molar-refractivity contribution in [1.29, 1.82) is 0 Å². The Morgan fingerprint density at radius 3 is 1.86 bits per heavy atom. The van der Waals surface area contributed by atoms with Gasteiger partial charge in [-0.1, -0.05) is 53.8 Å². The van der Waals surface area contributed by atoms with Crippen molar-refractivity contribution in [3.63, 3.8) is 0 Å². The van der Waals surface area contributed by atoms with E-state index in [0.29, 0.717) is 0 Å². The first kappa shape index (κ1) is 19.2. The van der Waals surface area contributed by atoms with Gasteiger partial charge in [0, 0.05) is 11.1 Å². The Hall–Kier alpha value is -3.56. The minimum atomic E-state index is -0.800. The second kappa shape index (κ2) is 8.89. The lowest BCUT2D eigenvalue weighted by Gasteiger charge is -2.02. The summed E-state index contributed by atoms with van der Waals surface area (Å²) in [5.41, 5.74) is 3.99. The SMILES string of the molecule is Cc1ccc(-c2ccc(C#Cc3cc(F)c(C#CN=C=S)c(F)c3)cc2)cc1. The molecular weight excluding hydrogens is 372 g/mol. The Balaban J connectivity index is 1.83. The molecule has 3 rings (SSSR count). The third kappa shape index (κ3) is 4.78. The van der Waals surface area contributed by atoms with E-state index in [1.807, 2.05) is 36.4 Å². The van der Waals surface area contributed by atoms with Crippen LogP contribution in [0.3, 0.4) is 0 Å². The molecule has 0 aliphatic rings. The van der Waals surface area contributed by atoms with Gasteiger partial charge >= 0.3 is 0 Å². The highest BCUT2D eigenvalue weighted by Crippen LogP contribution is 2.20. The standard InChI is InChI=1S/C24H13F2NS/c1-17-2-8-20(9-3-17)21-10-6-18(7-11-21)4-5-19-14-23(25)22(24(26)15-19)12-13-27-16-28/h2-3,6-11,14-15H,1H3. The summed E-state index contributed by atoms with van der Waals surface area (Å²) >= 11 is 4.35. The van der Waals surface area contributed by atoms with Crippen molar-refractivity contribution < 1.29 is 8.78 Å². The number of aliphatic imine (C=N–C) groups is 1. The molecule has 0 amide bonds. The van der Waals surface area contributed by atoms with E-state index in [0.717, 1.165) is 28.8 Å². The van der Waals surface area contributed by atoms with Gasteiger partial charge in [-0.2, -0.15) is 0 Å². The zero-order valence-corrected chi connectivity index (χ0v) is 15.7. The molecule has 0 atom stereocenters. The van der Waals surface area contributed by atoms with E-state index >= 15 is 0 Å². The molecule has 0 aliphatic carbocycles. The number of hydrogen-bond acceptors (Lipinski definition) is 2. The highest BCUT2D eigenvalue weighted by molar-refractivity contribution is 7.78. The number of nitrogens with zero attached hydrogens (tertiary/aromatic N) is 1. The van der Waals surface area contributed by atoms with Crippen molar-refractivity contribution in [2.24, 2.45) is 4.99 Å². The Kier molecular flexibility index (Phi) is 6.10. The first-order valence-electron chi connectivity index (χ1n) is 8.33. The van der Waals surface area contributed by atoms with Gasteiger partial charge in [-0.3, -0.25) is 0 Å². The zero-order valence-electron chi connectivity index (χ0n) is 14.9. The molecule has 0 bridgehead atoms. The van der Waals surface area contributed by atoms with Crippen molar-refractivity contribution in [2.45, 2.75) is 6.92 Å². The van der Waals surface area contributed by atoms with Crippen molar-refractivity contribution in [3.8, 4) is 34.9 Å². The van der Waals surface area contributed by atoms with Crippen LogP contribution in [0, 0.1) is 42.4 Å². The first-order valence-corrected chi connectivity index (χ1v) is 8.73. The number of thiocarbonyl (C=S) groups is 1. The third-order valence-corrected chi connectivity index (χ3v) is 4.04. The van der Waals surface area contributed by atoms with Gasteiger partial charge in [0.05, 0.1) is 16.8 Å². The summed E-state index contributed by atoms with van der Waals surface area (Å²) in [5.74, 6) is 6.35. The second-order valence-corrected chi connectivity index (χ2v) is 6.13. The van der Waals surface area contributed by atoms with Gasteiger partial charge in [0.2, 0.25) is 0 Å². The van der Waals surface area contributed by atoms with Crippen molar-refractivity contribution in [2.75, 3.05) is 0 Å². The van der Waals surface area contributed by atoms with E-state index in [2.05, 4.69) is 65.3 Å². The Labute approximate surface area is 167 Å². The van der Waals surface area contributed by atoms with Crippen LogP contribution in [0.2, 0.25) is 0 Å². The smallest absolute Gasteiger partial charge is 0.143 e. The fourth-order valence-corrected chi connectivity index (χ4v) is 2.55. The summed E-state index contributed by atoms with van der Waals surface area (Å²) in [6.07, 6.45) is 0. The van der Waals surface area contributed by atoms with Crippen LogP contribution in [0.5, 0.6) is 0 Å². The largest absolute Gasteiger partial charge is 0.205 e. The van der Waals surface area contributed by atoms with Crippen LogP contribution in [0.1, 0.15) is 22.3 Å². The predicted molar refractivity (Wildman–Crippen MR) is 111 cm³/mol. The molecule has 0 fully saturated rings. The van der Waals surface area contributed by atoms with Gasteiger partial charge in [-0.25, -0.2) is 8.78 Å². The van der Waals surface area contributed by atoms with Gasteiger partial charge in [0.1, 0.15) is 11.6 Å². The molecule has 0 radical (unpaired) electrons. The van der Waals surface area contributed by atoms with Crippen LogP contribution in [0.15, 0.2) is 65.7 Å². The highest BCUT2D eigenvalue weighted by Gasteiger charge is 2.08. The van der Waals surface area contributed by atoms with Crippen molar-refractivity contribution in [1.82, 2.24) is 0 Å². The number of hydrogen-bond donors (Lipinski definition) is 0. The van der Waals surface area contributed by atoms with Gasteiger partial charge < -0.3 is 0 Å². The van der Waals surface area contributed by atoms with Gasteiger partial charge in [-0.15, -0.1) is 4.99 Å². The minimum absolute atomic E-state index is 0.224. The first-order chi connectivity index (χ1) is 13.6. The molecule has 3 aromatic carbocycles. The fourth-order valence-electron chi connectivity index (χ4n) is 2.51. The van der Waals surface area contributed by atoms with E-state index in [1.165, 1.54) is 5.56 Å². The van der Waals surface area contributed by atoms with Gasteiger partial charge in [-0.05, 0) is 60.5 Å². The van der Waals surface area contributed by atoms with Crippen molar-refractivity contribution in [3.05, 3.63) is 94.6 Å². The maximum absolute atomic E-state index is 14.0. The highest BCUT2D eigenvalue weighted by atomic mass is 32.1. The number of halogens is 2. The summed E-state index contributed by atoms with van der Waals surface area (Å²) in [5, 5.41) is 2.01. The molecule has 28 heavy (non-hydrogen) atoms. The summed E-state index contributed by atoms with van der Waals surface area (Å²) in [6.45, 7) is 2.04. The molecule has 0 N–H and O–H groups in total. The fraction of sp³-hybridized carbons (Fsp3) is 0.0417. The van der Waals surface area contributed by atoms with Crippen LogP contribution < -0.4 is 0 Å². The summed E-state index contributed by atoms with van der Waals surface area (Å²) in [4.78, 5) is 3.32. The molecule has 0 unspecified atom stereocenters. The summed E-state index contributed by atoms with van der Waals surface area (Å²) < 4.78 is 28.1. The van der Waals surface area contributed by atoms with Crippen LogP contribution in [-0.4, -0.2) is 5.16 Å². The molecule has 1 nitrogen and oxygen atoms in total.